The summed E-state index contributed by atoms with van der Waals surface area (Å²) < 4.78 is 0.853. The maximum Gasteiger partial charge on any atom is 0.234 e. The van der Waals surface area contributed by atoms with Crippen LogP contribution in [-0.4, -0.2) is 16.6 Å². The van der Waals surface area contributed by atoms with Crippen LogP contribution in [0.25, 0.3) is 0 Å². The fourth-order valence-corrected chi connectivity index (χ4v) is 2.50. The number of nitrogens with one attached hydrogen (secondary N) is 1. The lowest BCUT2D eigenvalue weighted by atomic mass is 10.3. The summed E-state index contributed by atoms with van der Waals surface area (Å²) in [5.41, 5.74) is 7.10. The van der Waals surface area contributed by atoms with Crippen molar-refractivity contribution in [3.05, 3.63) is 47.1 Å². The largest absolute Gasteiger partial charge is 0.397 e. The number of pyridine rings is 1. The van der Waals surface area contributed by atoms with Crippen LogP contribution in [0.15, 0.2) is 52.1 Å². The van der Waals surface area contributed by atoms with Gasteiger partial charge in [0.1, 0.15) is 5.03 Å². The van der Waals surface area contributed by atoms with Gasteiger partial charge >= 0.3 is 0 Å². The molecular formula is C13H12BrN3OS. The minimum Gasteiger partial charge on any atom is -0.397 e. The molecule has 0 bridgehead atoms. The van der Waals surface area contributed by atoms with Crippen LogP contribution in [0.4, 0.5) is 11.4 Å². The van der Waals surface area contributed by atoms with Gasteiger partial charge < -0.3 is 11.1 Å². The van der Waals surface area contributed by atoms with Crippen molar-refractivity contribution in [2.24, 2.45) is 0 Å². The summed E-state index contributed by atoms with van der Waals surface area (Å²) in [6, 6.07) is 11.0. The van der Waals surface area contributed by atoms with Crippen LogP contribution in [-0.2, 0) is 4.79 Å². The predicted octanol–water partition coefficient (Wildman–Crippen LogP) is 3.16. The molecule has 0 fully saturated rings. The summed E-state index contributed by atoms with van der Waals surface area (Å²) >= 11 is 4.70. The van der Waals surface area contributed by atoms with Crippen molar-refractivity contribution in [1.29, 1.82) is 0 Å². The third-order valence-electron chi connectivity index (χ3n) is 2.29. The van der Waals surface area contributed by atoms with Gasteiger partial charge in [-0.1, -0.05) is 23.9 Å². The Kier molecular flexibility index (Phi) is 4.81. The molecule has 3 N–H and O–H groups in total. The quantitative estimate of drug-likeness (QED) is 0.841. The first-order chi connectivity index (χ1) is 9.16. The lowest BCUT2D eigenvalue weighted by molar-refractivity contribution is -0.113. The van der Waals surface area contributed by atoms with Gasteiger partial charge in [-0.3, -0.25) is 4.79 Å². The fourth-order valence-electron chi connectivity index (χ4n) is 1.41. The number of benzene rings is 1. The third kappa shape index (κ3) is 3.97. The molecule has 1 aromatic heterocycles. The molecule has 0 saturated carbocycles. The molecule has 19 heavy (non-hydrogen) atoms. The van der Waals surface area contributed by atoms with Gasteiger partial charge in [0.25, 0.3) is 0 Å². The van der Waals surface area contributed by atoms with Crippen molar-refractivity contribution >= 4 is 45.0 Å². The lowest BCUT2D eigenvalue weighted by Gasteiger charge is -2.07. The Labute approximate surface area is 123 Å². The molecule has 1 heterocycles. The van der Waals surface area contributed by atoms with E-state index in [-0.39, 0.29) is 11.7 Å². The first-order valence-electron chi connectivity index (χ1n) is 5.54. The standard InChI is InChI=1S/C13H12BrN3OS/c14-9-4-1-2-6-11(9)17-12(18)8-19-13-10(15)5-3-7-16-13/h1-7H,8,15H2,(H,17,18). The van der Waals surface area contributed by atoms with Crippen LogP contribution in [0.2, 0.25) is 0 Å². The number of nitrogen functional groups attached to an aromatic ring is 1. The normalized spacial score (nSPS) is 10.2. The van der Waals surface area contributed by atoms with Gasteiger partial charge in [0, 0.05) is 10.7 Å². The molecule has 0 spiro atoms. The number of hydrogen-bond acceptors (Lipinski definition) is 4. The Balaban J connectivity index is 1.92. The van der Waals surface area contributed by atoms with Crippen LogP contribution >= 0.6 is 27.7 Å². The second-order valence-electron chi connectivity index (χ2n) is 3.71. The van der Waals surface area contributed by atoms with Crippen LogP contribution < -0.4 is 11.1 Å². The van der Waals surface area contributed by atoms with E-state index in [1.165, 1.54) is 11.8 Å². The van der Waals surface area contributed by atoms with E-state index in [9.17, 15) is 4.79 Å². The van der Waals surface area contributed by atoms with Crippen molar-refractivity contribution in [2.75, 3.05) is 16.8 Å². The monoisotopic (exact) mass is 337 g/mol. The molecule has 0 aliphatic rings. The minimum absolute atomic E-state index is 0.0954. The molecular weight excluding hydrogens is 326 g/mol. The third-order valence-corrected chi connectivity index (χ3v) is 4.00. The molecule has 4 nitrogen and oxygen atoms in total. The van der Waals surface area contributed by atoms with Gasteiger partial charge in [-0.25, -0.2) is 4.98 Å². The van der Waals surface area contributed by atoms with E-state index in [0.29, 0.717) is 10.7 Å². The molecule has 0 atom stereocenters. The Morgan fingerprint density at radius 2 is 2.11 bits per heavy atom. The number of halogens is 1. The van der Waals surface area contributed by atoms with Gasteiger partial charge in [0.2, 0.25) is 5.91 Å². The van der Waals surface area contributed by atoms with Crippen LogP contribution in [0.3, 0.4) is 0 Å². The Bertz CT molecular complexity index is 592. The highest BCUT2D eigenvalue weighted by Crippen LogP contribution is 2.24. The number of amides is 1. The van der Waals surface area contributed by atoms with Crippen molar-refractivity contribution in [3.8, 4) is 0 Å². The number of para-hydroxylation sites is 1. The first kappa shape index (κ1) is 13.9. The molecule has 2 rings (SSSR count). The maximum atomic E-state index is 11.8. The molecule has 0 aliphatic carbocycles. The lowest BCUT2D eigenvalue weighted by Crippen LogP contribution is -2.14. The van der Waals surface area contributed by atoms with E-state index < -0.39 is 0 Å². The van der Waals surface area contributed by atoms with Gasteiger partial charge in [-0.05, 0) is 40.2 Å². The number of anilines is 2. The van der Waals surface area contributed by atoms with Crippen molar-refractivity contribution < 1.29 is 4.79 Å². The van der Waals surface area contributed by atoms with Gasteiger partial charge in [0.15, 0.2) is 0 Å². The van der Waals surface area contributed by atoms with Gasteiger partial charge in [0.05, 0.1) is 17.1 Å². The topological polar surface area (TPSA) is 68.0 Å². The zero-order valence-corrected chi connectivity index (χ0v) is 12.4. The Hall–Kier alpha value is -1.53. The molecule has 1 aromatic carbocycles. The zero-order chi connectivity index (χ0) is 13.7. The molecule has 1 amide bonds. The highest BCUT2D eigenvalue weighted by molar-refractivity contribution is 9.10. The highest BCUT2D eigenvalue weighted by atomic mass is 79.9. The van der Waals surface area contributed by atoms with Gasteiger partial charge in [-0.15, -0.1) is 0 Å². The van der Waals surface area contributed by atoms with Crippen LogP contribution in [0, 0.1) is 0 Å². The number of carbonyl (C=O) groups is 1. The van der Waals surface area contributed by atoms with Crippen LogP contribution in [0.5, 0.6) is 0 Å². The molecule has 0 radical (unpaired) electrons. The van der Waals surface area contributed by atoms with E-state index in [4.69, 9.17) is 5.73 Å². The average Bonchev–Trinajstić information content (AvgIpc) is 2.40. The summed E-state index contributed by atoms with van der Waals surface area (Å²) in [6.07, 6.45) is 1.66. The summed E-state index contributed by atoms with van der Waals surface area (Å²) in [7, 11) is 0. The number of rotatable bonds is 4. The fraction of sp³-hybridized carbons (Fsp3) is 0.0769. The van der Waals surface area contributed by atoms with E-state index in [1.54, 1.807) is 18.3 Å². The predicted molar refractivity (Wildman–Crippen MR) is 82.1 cm³/mol. The second-order valence-corrected chi connectivity index (χ2v) is 5.53. The second kappa shape index (κ2) is 6.58. The number of hydrogen-bond donors (Lipinski definition) is 2. The van der Waals surface area contributed by atoms with Crippen molar-refractivity contribution in [2.45, 2.75) is 5.03 Å². The Morgan fingerprint density at radius 1 is 1.32 bits per heavy atom. The van der Waals surface area contributed by atoms with Crippen molar-refractivity contribution in [1.82, 2.24) is 4.98 Å². The zero-order valence-electron chi connectivity index (χ0n) is 9.97. The van der Waals surface area contributed by atoms with E-state index in [0.717, 1.165) is 10.2 Å². The maximum absolute atomic E-state index is 11.8. The summed E-state index contributed by atoms with van der Waals surface area (Å²) in [6.45, 7) is 0. The molecule has 98 valence electrons. The Morgan fingerprint density at radius 3 is 2.84 bits per heavy atom. The molecule has 6 heteroatoms. The SMILES string of the molecule is Nc1cccnc1SCC(=O)Nc1ccccc1Br. The molecule has 0 saturated heterocycles. The van der Waals surface area contributed by atoms with E-state index in [1.807, 2.05) is 24.3 Å². The number of thioether (sulfide) groups is 1. The summed E-state index contributed by atoms with van der Waals surface area (Å²) in [4.78, 5) is 16.0. The number of nitrogens with two attached hydrogens (primary N) is 1. The number of nitrogens with zero attached hydrogens (tertiary/aromatic N) is 1. The van der Waals surface area contributed by atoms with Gasteiger partial charge in [-0.2, -0.15) is 0 Å². The first-order valence-corrected chi connectivity index (χ1v) is 7.32. The highest BCUT2D eigenvalue weighted by Gasteiger charge is 2.07. The number of aromatic nitrogens is 1. The van der Waals surface area contributed by atoms with Crippen molar-refractivity contribution in [3.63, 3.8) is 0 Å². The minimum atomic E-state index is -0.0954. The molecule has 0 aliphatic heterocycles. The summed E-state index contributed by atoms with van der Waals surface area (Å²) in [5, 5.41) is 3.50. The van der Waals surface area contributed by atoms with E-state index in [2.05, 4.69) is 26.2 Å². The van der Waals surface area contributed by atoms with E-state index >= 15 is 0 Å². The average molecular weight is 338 g/mol. The smallest absolute Gasteiger partial charge is 0.234 e. The van der Waals surface area contributed by atoms with Crippen LogP contribution in [0.1, 0.15) is 0 Å². The molecule has 2 aromatic rings. The molecule has 0 unspecified atom stereocenters. The summed E-state index contributed by atoms with van der Waals surface area (Å²) in [5.74, 6) is 0.171. The number of carbonyl (C=O) groups excluding carboxylic acids is 1.